The SMILES string of the molecule is O=C(c1ccncc1)N1CCCCC2(CO)CCN(CC2)Cc2ccccc2OCC1. The van der Waals surface area contributed by atoms with Crippen LogP contribution in [0.15, 0.2) is 48.8 Å². The molecule has 1 saturated heterocycles. The molecule has 1 N–H and O–H groups in total. The lowest BCUT2D eigenvalue weighted by Gasteiger charge is -2.41. The molecule has 3 aliphatic rings. The number of fused-ring (bicyclic) bond motifs is 9. The van der Waals surface area contributed by atoms with Crippen molar-refractivity contribution in [1.29, 1.82) is 0 Å². The highest BCUT2D eigenvalue weighted by atomic mass is 16.5. The Bertz CT molecular complexity index is 850. The maximum absolute atomic E-state index is 13.1. The minimum absolute atomic E-state index is 0.0205. The van der Waals surface area contributed by atoms with Crippen LogP contribution in [0, 0.1) is 5.41 Å². The van der Waals surface area contributed by atoms with E-state index < -0.39 is 0 Å². The minimum atomic E-state index is 0.0205. The molecule has 0 spiro atoms. The van der Waals surface area contributed by atoms with Gasteiger partial charge in [0.2, 0.25) is 0 Å². The number of para-hydroxylation sites is 1. The zero-order chi connectivity index (χ0) is 21.5. The Balaban J connectivity index is 1.53. The van der Waals surface area contributed by atoms with E-state index in [1.807, 2.05) is 17.0 Å². The van der Waals surface area contributed by atoms with E-state index in [1.54, 1.807) is 24.5 Å². The van der Waals surface area contributed by atoms with Crippen LogP contribution in [-0.4, -0.2) is 65.2 Å². The molecule has 6 heteroatoms. The number of rotatable bonds is 2. The van der Waals surface area contributed by atoms with Gasteiger partial charge >= 0.3 is 0 Å². The Morgan fingerprint density at radius 3 is 2.55 bits per heavy atom. The van der Waals surface area contributed by atoms with E-state index >= 15 is 0 Å². The molecular weight excluding hydrogens is 390 g/mol. The number of hydrogen-bond donors (Lipinski definition) is 1. The van der Waals surface area contributed by atoms with E-state index in [1.165, 1.54) is 5.56 Å². The van der Waals surface area contributed by atoms with Crippen LogP contribution in [0.25, 0.3) is 0 Å². The van der Waals surface area contributed by atoms with Crippen LogP contribution in [0.3, 0.4) is 0 Å². The summed E-state index contributed by atoms with van der Waals surface area (Å²) in [5, 5.41) is 10.2. The van der Waals surface area contributed by atoms with Crippen LogP contribution in [0.2, 0.25) is 0 Å². The van der Waals surface area contributed by atoms with E-state index in [2.05, 4.69) is 22.0 Å². The summed E-state index contributed by atoms with van der Waals surface area (Å²) in [6, 6.07) is 11.7. The molecule has 6 nitrogen and oxygen atoms in total. The van der Waals surface area contributed by atoms with Gasteiger partial charge in [-0.2, -0.15) is 0 Å². The number of aliphatic hydroxyl groups excluding tert-OH is 1. The number of piperidine rings is 1. The quantitative estimate of drug-likeness (QED) is 0.802. The fraction of sp³-hybridized carbons (Fsp3) is 0.520. The summed E-state index contributed by atoms with van der Waals surface area (Å²) in [6.07, 6.45) is 8.32. The first-order valence-corrected chi connectivity index (χ1v) is 11.4. The van der Waals surface area contributed by atoms with Crippen LogP contribution >= 0.6 is 0 Å². The third-order valence-electron chi connectivity index (χ3n) is 6.84. The Morgan fingerprint density at radius 1 is 1.00 bits per heavy atom. The number of aliphatic hydroxyl groups is 1. The lowest BCUT2D eigenvalue weighted by atomic mass is 9.75. The molecule has 5 rings (SSSR count). The Kier molecular flexibility index (Phi) is 7.20. The molecule has 1 aromatic heterocycles. The smallest absolute Gasteiger partial charge is 0.254 e. The van der Waals surface area contributed by atoms with E-state index in [0.29, 0.717) is 25.3 Å². The molecule has 0 saturated carbocycles. The van der Waals surface area contributed by atoms with Crippen molar-refractivity contribution in [2.24, 2.45) is 5.41 Å². The molecular formula is C25H33N3O3. The molecule has 0 aliphatic carbocycles. The van der Waals surface area contributed by atoms with Crippen molar-refractivity contribution in [3.05, 3.63) is 59.9 Å². The van der Waals surface area contributed by atoms with Crippen LogP contribution in [-0.2, 0) is 6.54 Å². The van der Waals surface area contributed by atoms with Gasteiger partial charge in [-0.1, -0.05) is 24.6 Å². The molecule has 1 aromatic carbocycles. The number of aromatic nitrogens is 1. The first-order valence-electron chi connectivity index (χ1n) is 11.4. The molecule has 1 amide bonds. The van der Waals surface area contributed by atoms with Gasteiger partial charge in [-0.3, -0.25) is 14.7 Å². The molecule has 1 fully saturated rings. The lowest BCUT2D eigenvalue weighted by Crippen LogP contribution is -2.41. The molecule has 4 heterocycles. The van der Waals surface area contributed by atoms with Gasteiger partial charge < -0.3 is 14.7 Å². The van der Waals surface area contributed by atoms with Crippen molar-refractivity contribution in [2.45, 2.75) is 38.6 Å². The van der Waals surface area contributed by atoms with Crippen LogP contribution < -0.4 is 4.74 Å². The number of nitrogens with zero attached hydrogens (tertiary/aromatic N) is 3. The highest BCUT2D eigenvalue weighted by Crippen LogP contribution is 2.37. The fourth-order valence-electron chi connectivity index (χ4n) is 4.75. The second-order valence-electron chi connectivity index (χ2n) is 8.88. The number of pyridine rings is 1. The van der Waals surface area contributed by atoms with E-state index in [4.69, 9.17) is 4.74 Å². The molecule has 166 valence electrons. The summed E-state index contributed by atoms with van der Waals surface area (Å²) < 4.78 is 6.15. The van der Waals surface area contributed by atoms with Gasteiger partial charge in [0, 0.05) is 43.2 Å². The van der Waals surface area contributed by atoms with Crippen molar-refractivity contribution in [3.8, 4) is 5.75 Å². The molecule has 0 atom stereocenters. The maximum atomic E-state index is 13.1. The molecule has 3 aliphatic heterocycles. The third-order valence-corrected chi connectivity index (χ3v) is 6.84. The van der Waals surface area contributed by atoms with Crippen LogP contribution in [0.4, 0.5) is 0 Å². The van der Waals surface area contributed by atoms with Gasteiger partial charge in [0.15, 0.2) is 0 Å². The van der Waals surface area contributed by atoms with Crippen molar-refractivity contribution >= 4 is 5.91 Å². The highest BCUT2D eigenvalue weighted by Gasteiger charge is 2.33. The topological polar surface area (TPSA) is 65.9 Å². The van der Waals surface area contributed by atoms with Crippen molar-refractivity contribution in [1.82, 2.24) is 14.8 Å². The first kappa shape index (κ1) is 21.8. The number of hydrogen-bond acceptors (Lipinski definition) is 5. The van der Waals surface area contributed by atoms with Gasteiger partial charge in [-0.05, 0) is 62.4 Å². The van der Waals surface area contributed by atoms with E-state index in [9.17, 15) is 9.90 Å². The molecule has 0 radical (unpaired) electrons. The van der Waals surface area contributed by atoms with Gasteiger partial charge in [0.1, 0.15) is 12.4 Å². The lowest BCUT2D eigenvalue weighted by molar-refractivity contribution is 0.0319. The minimum Gasteiger partial charge on any atom is -0.491 e. The number of amides is 1. The number of benzene rings is 1. The van der Waals surface area contributed by atoms with Gasteiger partial charge in [-0.15, -0.1) is 0 Å². The van der Waals surface area contributed by atoms with E-state index in [0.717, 1.165) is 57.5 Å². The summed E-state index contributed by atoms with van der Waals surface area (Å²) in [4.78, 5) is 21.5. The maximum Gasteiger partial charge on any atom is 0.254 e. The van der Waals surface area contributed by atoms with Crippen molar-refractivity contribution in [2.75, 3.05) is 39.4 Å². The first-order chi connectivity index (χ1) is 15.2. The number of carbonyl (C=O) groups is 1. The second kappa shape index (κ2) is 10.2. The summed E-state index contributed by atoms with van der Waals surface area (Å²) in [6.45, 7) is 4.82. The van der Waals surface area contributed by atoms with Gasteiger partial charge in [0.25, 0.3) is 5.91 Å². The molecule has 2 aromatic rings. The average Bonchev–Trinajstić information content (AvgIpc) is 2.83. The summed E-state index contributed by atoms with van der Waals surface area (Å²) in [7, 11) is 0. The normalized spacial score (nSPS) is 25.1. The fourth-order valence-corrected chi connectivity index (χ4v) is 4.75. The Morgan fingerprint density at radius 2 is 1.77 bits per heavy atom. The van der Waals surface area contributed by atoms with Crippen LogP contribution in [0.5, 0.6) is 5.75 Å². The summed E-state index contributed by atoms with van der Waals surface area (Å²) >= 11 is 0. The monoisotopic (exact) mass is 423 g/mol. The predicted molar refractivity (Wildman–Crippen MR) is 120 cm³/mol. The molecule has 2 bridgehead atoms. The Labute approximate surface area is 184 Å². The largest absolute Gasteiger partial charge is 0.491 e. The van der Waals surface area contributed by atoms with Gasteiger partial charge in [-0.25, -0.2) is 0 Å². The van der Waals surface area contributed by atoms with Crippen molar-refractivity contribution in [3.63, 3.8) is 0 Å². The Hall–Kier alpha value is -2.44. The molecule has 31 heavy (non-hydrogen) atoms. The zero-order valence-corrected chi connectivity index (χ0v) is 18.2. The van der Waals surface area contributed by atoms with E-state index in [-0.39, 0.29) is 17.9 Å². The number of carbonyl (C=O) groups excluding carboxylic acids is 1. The van der Waals surface area contributed by atoms with Crippen LogP contribution in [0.1, 0.15) is 48.0 Å². The summed E-state index contributed by atoms with van der Waals surface area (Å²) in [5.74, 6) is 0.917. The zero-order valence-electron chi connectivity index (χ0n) is 18.2. The van der Waals surface area contributed by atoms with Gasteiger partial charge in [0.05, 0.1) is 6.54 Å². The third kappa shape index (κ3) is 5.43. The van der Waals surface area contributed by atoms with Crippen molar-refractivity contribution < 1.29 is 14.6 Å². The standard InChI is InChI=1S/C25H33N3O3/c29-20-25-9-3-4-14-28(24(30)21-7-12-26-13-8-21)17-18-31-23-6-2-1-5-22(23)19-27(15-10-25)16-11-25/h1-2,5-8,12-13,29H,3-4,9-11,14-20H2. The second-order valence-corrected chi connectivity index (χ2v) is 8.88. The highest BCUT2D eigenvalue weighted by molar-refractivity contribution is 5.94. The summed E-state index contributed by atoms with van der Waals surface area (Å²) in [5.41, 5.74) is 1.86. The molecule has 0 unspecified atom stereocenters. The predicted octanol–water partition coefficient (Wildman–Crippen LogP) is 3.36. The number of ether oxygens (including phenoxy) is 1. The average molecular weight is 424 g/mol.